The topological polar surface area (TPSA) is 68.5 Å². The first-order valence-electron chi connectivity index (χ1n) is 9.36. The van der Waals surface area contributed by atoms with Gasteiger partial charge in [0.2, 0.25) is 0 Å². The van der Waals surface area contributed by atoms with Crippen LogP contribution in [0.15, 0.2) is 29.6 Å². The number of hydrogen-bond donors (Lipinski definition) is 1. The SMILES string of the molecule is C[C@@](CC1CN2CCC1CC2)(OC(N)=O)c1csc(-c2ccc(F)cc2)n1. The highest BCUT2D eigenvalue weighted by Gasteiger charge is 2.42. The summed E-state index contributed by atoms with van der Waals surface area (Å²) < 4.78 is 18.8. The van der Waals surface area contributed by atoms with Gasteiger partial charge in [-0.15, -0.1) is 11.3 Å². The van der Waals surface area contributed by atoms with Crippen molar-refractivity contribution in [2.45, 2.75) is 31.8 Å². The number of aromatic nitrogens is 1. The second-order valence-corrected chi connectivity index (χ2v) is 8.66. The number of halogens is 1. The number of carbonyl (C=O) groups excluding carboxylic acids is 1. The maximum atomic E-state index is 13.2. The summed E-state index contributed by atoms with van der Waals surface area (Å²) in [5, 5.41) is 2.70. The Hall–Kier alpha value is -1.99. The van der Waals surface area contributed by atoms with Gasteiger partial charge in [0.25, 0.3) is 0 Å². The third kappa shape index (κ3) is 3.84. The van der Waals surface area contributed by atoms with Gasteiger partial charge in [0.15, 0.2) is 5.60 Å². The fraction of sp³-hybridized carbons (Fsp3) is 0.500. The Kier molecular flexibility index (Phi) is 4.90. The molecule has 0 radical (unpaired) electrons. The minimum absolute atomic E-state index is 0.278. The zero-order valence-corrected chi connectivity index (χ0v) is 16.2. The van der Waals surface area contributed by atoms with E-state index in [0.717, 1.165) is 17.1 Å². The number of thiazole rings is 1. The molecule has 2 aromatic rings. The van der Waals surface area contributed by atoms with Crippen LogP contribution in [0, 0.1) is 17.7 Å². The molecule has 0 spiro atoms. The van der Waals surface area contributed by atoms with Gasteiger partial charge >= 0.3 is 6.09 Å². The van der Waals surface area contributed by atoms with Crippen LogP contribution in [0.5, 0.6) is 0 Å². The van der Waals surface area contributed by atoms with Crippen LogP contribution in [0.1, 0.15) is 31.9 Å². The minimum Gasteiger partial charge on any atom is -0.437 e. The zero-order chi connectivity index (χ0) is 19.0. The van der Waals surface area contributed by atoms with Crippen LogP contribution in [-0.2, 0) is 10.3 Å². The van der Waals surface area contributed by atoms with E-state index in [0.29, 0.717) is 24.0 Å². The number of fused-ring (bicyclic) bond motifs is 3. The van der Waals surface area contributed by atoms with Crippen LogP contribution in [-0.4, -0.2) is 35.6 Å². The van der Waals surface area contributed by atoms with Crippen LogP contribution >= 0.6 is 11.3 Å². The van der Waals surface area contributed by atoms with E-state index in [1.165, 1.54) is 49.4 Å². The summed E-state index contributed by atoms with van der Waals surface area (Å²) >= 11 is 1.46. The molecule has 2 atom stereocenters. The molecule has 1 unspecified atom stereocenters. The summed E-state index contributed by atoms with van der Waals surface area (Å²) in [5.41, 5.74) is 6.09. The summed E-state index contributed by atoms with van der Waals surface area (Å²) in [4.78, 5) is 18.8. The lowest BCUT2D eigenvalue weighted by Gasteiger charge is -2.47. The van der Waals surface area contributed by atoms with E-state index in [2.05, 4.69) is 4.90 Å². The number of amides is 1. The molecule has 3 saturated heterocycles. The van der Waals surface area contributed by atoms with Crippen molar-refractivity contribution in [1.82, 2.24) is 9.88 Å². The molecule has 27 heavy (non-hydrogen) atoms. The molecule has 1 aromatic heterocycles. The number of benzene rings is 1. The van der Waals surface area contributed by atoms with Crippen molar-refractivity contribution in [3.8, 4) is 10.6 Å². The normalized spacial score (nSPS) is 26.5. The second kappa shape index (κ2) is 7.20. The van der Waals surface area contributed by atoms with Gasteiger partial charge in [0, 0.05) is 17.5 Å². The first-order valence-corrected chi connectivity index (χ1v) is 10.2. The Morgan fingerprint density at radius 2 is 2.07 bits per heavy atom. The number of piperidine rings is 3. The van der Waals surface area contributed by atoms with Crippen LogP contribution in [0.4, 0.5) is 9.18 Å². The smallest absolute Gasteiger partial charge is 0.405 e. The number of nitrogens with zero attached hydrogens (tertiary/aromatic N) is 2. The van der Waals surface area contributed by atoms with Gasteiger partial charge in [0.1, 0.15) is 10.8 Å². The molecule has 2 N–H and O–H groups in total. The van der Waals surface area contributed by atoms with Crippen LogP contribution in [0.2, 0.25) is 0 Å². The summed E-state index contributed by atoms with van der Waals surface area (Å²) in [6, 6.07) is 6.25. The predicted molar refractivity (Wildman–Crippen MR) is 103 cm³/mol. The molecule has 0 aliphatic carbocycles. The van der Waals surface area contributed by atoms with Crippen molar-refractivity contribution in [3.63, 3.8) is 0 Å². The average molecular weight is 389 g/mol. The van der Waals surface area contributed by atoms with Gasteiger partial charge < -0.3 is 15.4 Å². The van der Waals surface area contributed by atoms with Gasteiger partial charge in [-0.2, -0.15) is 0 Å². The van der Waals surface area contributed by atoms with Crippen molar-refractivity contribution in [2.24, 2.45) is 17.6 Å². The van der Waals surface area contributed by atoms with Gasteiger partial charge in [-0.05, 0) is 75.4 Å². The van der Waals surface area contributed by atoms with Crippen molar-refractivity contribution < 1.29 is 13.9 Å². The lowest BCUT2D eigenvalue weighted by Crippen LogP contribution is -2.49. The highest BCUT2D eigenvalue weighted by molar-refractivity contribution is 7.13. The highest BCUT2D eigenvalue weighted by Crippen LogP contribution is 2.42. The Labute approximate surface area is 162 Å². The number of primary amides is 1. The first-order chi connectivity index (χ1) is 12.9. The number of nitrogens with two attached hydrogens (primary N) is 1. The molecule has 0 saturated carbocycles. The van der Waals surface area contributed by atoms with E-state index >= 15 is 0 Å². The lowest BCUT2D eigenvalue weighted by molar-refractivity contribution is -0.0344. The molecule has 3 fully saturated rings. The molecule has 5 rings (SSSR count). The second-order valence-electron chi connectivity index (χ2n) is 7.80. The van der Waals surface area contributed by atoms with Gasteiger partial charge in [-0.25, -0.2) is 14.2 Å². The van der Waals surface area contributed by atoms with Gasteiger partial charge in [0.05, 0.1) is 5.69 Å². The molecular formula is C20H24FN3O2S. The third-order valence-electron chi connectivity index (χ3n) is 5.91. The Morgan fingerprint density at radius 3 is 2.67 bits per heavy atom. The summed E-state index contributed by atoms with van der Waals surface area (Å²) in [6.45, 7) is 5.27. The van der Waals surface area contributed by atoms with Crippen LogP contribution in [0.3, 0.4) is 0 Å². The molecule has 5 nitrogen and oxygen atoms in total. The van der Waals surface area contributed by atoms with Crippen LogP contribution < -0.4 is 5.73 Å². The summed E-state index contributed by atoms with van der Waals surface area (Å²) in [6.07, 6.45) is 2.34. The Balaban J connectivity index is 1.59. The highest BCUT2D eigenvalue weighted by atomic mass is 32.1. The molecule has 3 aliphatic rings. The number of ether oxygens (including phenoxy) is 1. The van der Waals surface area contributed by atoms with Crippen molar-refractivity contribution in [1.29, 1.82) is 0 Å². The van der Waals surface area contributed by atoms with E-state index in [1.54, 1.807) is 12.1 Å². The fourth-order valence-electron chi connectivity index (χ4n) is 4.48. The summed E-state index contributed by atoms with van der Waals surface area (Å²) in [7, 11) is 0. The van der Waals surface area contributed by atoms with Gasteiger partial charge in [-0.3, -0.25) is 0 Å². The number of carbonyl (C=O) groups is 1. The molecule has 7 heteroatoms. The Morgan fingerprint density at radius 1 is 1.37 bits per heavy atom. The lowest BCUT2D eigenvalue weighted by atomic mass is 9.73. The zero-order valence-electron chi connectivity index (χ0n) is 15.4. The molecular weight excluding hydrogens is 365 g/mol. The van der Waals surface area contributed by atoms with E-state index < -0.39 is 11.7 Å². The molecule has 144 valence electrons. The van der Waals surface area contributed by atoms with E-state index in [4.69, 9.17) is 15.5 Å². The maximum absolute atomic E-state index is 13.2. The quantitative estimate of drug-likeness (QED) is 0.839. The third-order valence-corrected chi connectivity index (χ3v) is 6.80. The monoisotopic (exact) mass is 389 g/mol. The molecule has 4 heterocycles. The molecule has 1 aromatic carbocycles. The standard InChI is InChI=1S/C20H24FN3O2S/c1-20(26-19(22)25,10-15-11-24-8-6-13(15)7-9-24)17-12-27-18(23-17)14-2-4-16(21)5-3-14/h2-5,12-13,15H,6-11H2,1H3,(H2,22,25)/t15?,20-/m0/s1. The van der Waals surface area contributed by atoms with Crippen molar-refractivity contribution in [2.75, 3.05) is 19.6 Å². The van der Waals surface area contributed by atoms with Crippen molar-refractivity contribution in [3.05, 3.63) is 41.2 Å². The summed E-state index contributed by atoms with van der Waals surface area (Å²) in [5.74, 6) is 0.855. The average Bonchev–Trinajstić information content (AvgIpc) is 3.13. The largest absolute Gasteiger partial charge is 0.437 e. The number of hydrogen-bond acceptors (Lipinski definition) is 5. The van der Waals surface area contributed by atoms with Crippen molar-refractivity contribution >= 4 is 17.4 Å². The maximum Gasteiger partial charge on any atom is 0.405 e. The minimum atomic E-state index is -0.857. The first kappa shape index (κ1) is 18.4. The van der Waals surface area contributed by atoms with Crippen LogP contribution in [0.25, 0.3) is 10.6 Å². The van der Waals surface area contributed by atoms with E-state index in [9.17, 15) is 9.18 Å². The predicted octanol–water partition coefficient (Wildman–Crippen LogP) is 3.99. The van der Waals surface area contributed by atoms with E-state index in [-0.39, 0.29) is 5.82 Å². The van der Waals surface area contributed by atoms with E-state index in [1.807, 2.05) is 12.3 Å². The molecule has 2 bridgehead atoms. The Bertz CT molecular complexity index is 817. The number of rotatable bonds is 5. The fourth-order valence-corrected chi connectivity index (χ4v) is 5.43. The molecule has 1 amide bonds. The van der Waals surface area contributed by atoms with Gasteiger partial charge in [-0.1, -0.05) is 0 Å². The molecule has 3 aliphatic heterocycles.